The maximum absolute atomic E-state index is 12.5. The quantitative estimate of drug-likeness (QED) is 0.162. The number of hydrazone groups is 1. The molecule has 0 saturated carbocycles. The van der Waals surface area contributed by atoms with Crippen molar-refractivity contribution in [2.45, 2.75) is 5.16 Å². The Morgan fingerprint density at radius 2 is 1.69 bits per heavy atom. The number of ether oxygens (including phenoxy) is 4. The lowest BCUT2D eigenvalue weighted by Gasteiger charge is -2.15. The zero-order valence-corrected chi connectivity index (χ0v) is 22.6. The second kappa shape index (κ2) is 12.7. The lowest BCUT2D eigenvalue weighted by molar-refractivity contribution is -0.118. The first-order chi connectivity index (χ1) is 19.0. The summed E-state index contributed by atoms with van der Waals surface area (Å²) in [6, 6.07) is 17.8. The van der Waals surface area contributed by atoms with Crippen LogP contribution in [0.15, 0.2) is 70.9 Å². The van der Waals surface area contributed by atoms with Gasteiger partial charge in [0.15, 0.2) is 22.5 Å². The van der Waals surface area contributed by atoms with Gasteiger partial charge in [0.1, 0.15) is 11.5 Å². The minimum absolute atomic E-state index is 0.0125. The summed E-state index contributed by atoms with van der Waals surface area (Å²) in [4.78, 5) is 12.5. The zero-order chi connectivity index (χ0) is 27.8. The predicted molar refractivity (Wildman–Crippen MR) is 148 cm³/mol. The molecular formula is C27H27N5O6S. The van der Waals surface area contributed by atoms with Crippen LogP contribution in [-0.2, 0) is 4.79 Å². The van der Waals surface area contributed by atoms with Crippen molar-refractivity contribution in [3.05, 3.63) is 66.2 Å². The monoisotopic (exact) mass is 549 g/mol. The summed E-state index contributed by atoms with van der Waals surface area (Å²) in [7, 11) is 6.14. The molecule has 0 unspecified atom stereocenters. The van der Waals surface area contributed by atoms with E-state index in [2.05, 4.69) is 20.7 Å². The third-order valence-electron chi connectivity index (χ3n) is 5.53. The van der Waals surface area contributed by atoms with E-state index < -0.39 is 0 Å². The predicted octanol–water partition coefficient (Wildman–Crippen LogP) is 3.92. The minimum atomic E-state index is -0.365. The van der Waals surface area contributed by atoms with E-state index in [1.165, 1.54) is 38.3 Å². The summed E-state index contributed by atoms with van der Waals surface area (Å²) in [6.07, 6.45) is 1.34. The van der Waals surface area contributed by atoms with Gasteiger partial charge in [-0.3, -0.25) is 9.36 Å². The van der Waals surface area contributed by atoms with Crippen LogP contribution in [0.1, 0.15) is 5.56 Å². The third kappa shape index (κ3) is 6.24. The number of benzene rings is 3. The molecule has 202 valence electrons. The average Bonchev–Trinajstić information content (AvgIpc) is 3.40. The topological polar surface area (TPSA) is 129 Å². The van der Waals surface area contributed by atoms with Crippen LogP contribution in [0.3, 0.4) is 0 Å². The SMILES string of the molecule is COc1ccc(O)c(C=NNC(=O)CSc2nnc(-c3cc(OC)c(OC)c(OC)c3)n2-c2ccccc2)c1. The average molecular weight is 550 g/mol. The number of aromatic hydroxyl groups is 1. The van der Waals surface area contributed by atoms with Gasteiger partial charge >= 0.3 is 0 Å². The molecule has 39 heavy (non-hydrogen) atoms. The van der Waals surface area contributed by atoms with E-state index in [0.29, 0.717) is 45.1 Å². The van der Waals surface area contributed by atoms with E-state index >= 15 is 0 Å². The smallest absolute Gasteiger partial charge is 0.250 e. The Kier molecular flexibility index (Phi) is 8.90. The number of nitrogens with one attached hydrogen (secondary N) is 1. The lowest BCUT2D eigenvalue weighted by atomic mass is 10.1. The van der Waals surface area contributed by atoms with Crippen molar-refractivity contribution >= 4 is 23.9 Å². The van der Waals surface area contributed by atoms with E-state index in [4.69, 9.17) is 18.9 Å². The molecule has 0 fully saturated rings. The maximum Gasteiger partial charge on any atom is 0.250 e. The number of aromatic nitrogens is 3. The number of thioether (sulfide) groups is 1. The summed E-state index contributed by atoms with van der Waals surface area (Å²) in [5.74, 6) is 2.15. The van der Waals surface area contributed by atoms with Crippen LogP contribution in [0.4, 0.5) is 0 Å². The molecule has 1 aromatic heterocycles. The standard InChI is InChI=1S/C27H27N5O6S/c1-35-20-10-11-21(33)18(12-20)15-28-29-24(34)16-39-27-31-30-26(32(27)19-8-6-5-7-9-19)17-13-22(36-2)25(38-4)23(14-17)37-3/h5-15,33H,16H2,1-4H3,(H,29,34). The molecule has 12 heteroatoms. The summed E-state index contributed by atoms with van der Waals surface area (Å²) in [5.41, 5.74) is 4.35. The van der Waals surface area contributed by atoms with Crippen molar-refractivity contribution in [2.24, 2.45) is 5.10 Å². The highest BCUT2D eigenvalue weighted by Crippen LogP contribution is 2.41. The Bertz CT molecular complexity index is 1450. The van der Waals surface area contributed by atoms with Gasteiger partial charge in [-0.1, -0.05) is 30.0 Å². The number of methoxy groups -OCH3 is 4. The Hall–Kier alpha value is -4.71. The Labute approximate surface area is 229 Å². The highest BCUT2D eigenvalue weighted by molar-refractivity contribution is 7.99. The number of para-hydroxylation sites is 1. The molecule has 1 amide bonds. The summed E-state index contributed by atoms with van der Waals surface area (Å²) in [5, 5.41) is 23.2. The van der Waals surface area contributed by atoms with Crippen molar-refractivity contribution in [3.8, 4) is 45.8 Å². The Morgan fingerprint density at radius 3 is 2.33 bits per heavy atom. The van der Waals surface area contributed by atoms with Crippen LogP contribution in [0.25, 0.3) is 17.1 Å². The second-order valence-electron chi connectivity index (χ2n) is 7.90. The van der Waals surface area contributed by atoms with Crippen molar-refractivity contribution in [1.82, 2.24) is 20.2 Å². The number of nitrogens with zero attached hydrogens (tertiary/aromatic N) is 4. The maximum atomic E-state index is 12.5. The molecule has 0 saturated heterocycles. The lowest BCUT2D eigenvalue weighted by Crippen LogP contribution is -2.20. The third-order valence-corrected chi connectivity index (χ3v) is 6.46. The number of phenolic OH excluding ortho intramolecular Hbond substituents is 1. The molecule has 2 N–H and O–H groups in total. The van der Waals surface area contributed by atoms with Gasteiger partial charge in [0.05, 0.1) is 40.4 Å². The molecule has 4 aromatic rings. The first-order valence-electron chi connectivity index (χ1n) is 11.6. The van der Waals surface area contributed by atoms with Gasteiger partial charge in [0, 0.05) is 16.8 Å². The number of amides is 1. The number of rotatable bonds is 11. The van der Waals surface area contributed by atoms with E-state index in [1.54, 1.807) is 38.5 Å². The molecule has 0 bridgehead atoms. The molecule has 0 aliphatic rings. The Morgan fingerprint density at radius 1 is 0.974 bits per heavy atom. The molecule has 1 heterocycles. The number of carbonyl (C=O) groups excluding carboxylic acids is 1. The van der Waals surface area contributed by atoms with Gasteiger partial charge in [-0.15, -0.1) is 10.2 Å². The molecule has 0 atom stereocenters. The molecule has 3 aromatic carbocycles. The van der Waals surface area contributed by atoms with Crippen LogP contribution >= 0.6 is 11.8 Å². The van der Waals surface area contributed by atoms with Crippen molar-refractivity contribution in [2.75, 3.05) is 34.2 Å². The van der Waals surface area contributed by atoms with Gasteiger partial charge in [-0.05, 0) is 42.5 Å². The van der Waals surface area contributed by atoms with Crippen LogP contribution in [-0.4, -0.2) is 66.2 Å². The highest BCUT2D eigenvalue weighted by Gasteiger charge is 2.21. The molecule has 0 aliphatic heterocycles. The van der Waals surface area contributed by atoms with Crippen molar-refractivity contribution < 1.29 is 28.8 Å². The van der Waals surface area contributed by atoms with E-state index in [1.807, 2.05) is 34.9 Å². The van der Waals surface area contributed by atoms with E-state index in [0.717, 1.165) is 5.69 Å². The van der Waals surface area contributed by atoms with Gasteiger partial charge in [0.25, 0.3) is 5.91 Å². The fraction of sp³-hybridized carbons (Fsp3) is 0.185. The first kappa shape index (κ1) is 27.3. The normalized spacial score (nSPS) is 10.9. The largest absolute Gasteiger partial charge is 0.507 e. The number of carbonyl (C=O) groups is 1. The summed E-state index contributed by atoms with van der Waals surface area (Å²) < 4.78 is 23.4. The van der Waals surface area contributed by atoms with Crippen molar-refractivity contribution in [3.63, 3.8) is 0 Å². The van der Waals surface area contributed by atoms with Crippen LogP contribution in [0, 0.1) is 0 Å². The molecule has 0 radical (unpaired) electrons. The molecule has 4 rings (SSSR count). The van der Waals surface area contributed by atoms with Gasteiger partial charge in [-0.2, -0.15) is 5.10 Å². The zero-order valence-electron chi connectivity index (χ0n) is 21.7. The number of phenols is 1. The van der Waals surface area contributed by atoms with Crippen molar-refractivity contribution in [1.29, 1.82) is 0 Å². The van der Waals surface area contributed by atoms with Crippen LogP contribution < -0.4 is 24.4 Å². The Balaban J connectivity index is 1.58. The van der Waals surface area contributed by atoms with Crippen LogP contribution in [0.2, 0.25) is 0 Å². The molecule has 11 nitrogen and oxygen atoms in total. The second-order valence-corrected chi connectivity index (χ2v) is 8.84. The fourth-order valence-corrected chi connectivity index (χ4v) is 4.41. The van der Waals surface area contributed by atoms with E-state index in [9.17, 15) is 9.90 Å². The summed E-state index contributed by atoms with van der Waals surface area (Å²) in [6.45, 7) is 0. The fourth-order valence-electron chi connectivity index (χ4n) is 3.67. The van der Waals surface area contributed by atoms with Gasteiger partial charge in [-0.25, -0.2) is 5.43 Å². The molecular weight excluding hydrogens is 522 g/mol. The number of hydrogen-bond acceptors (Lipinski definition) is 10. The van der Waals surface area contributed by atoms with E-state index in [-0.39, 0.29) is 17.4 Å². The summed E-state index contributed by atoms with van der Waals surface area (Å²) >= 11 is 1.20. The minimum Gasteiger partial charge on any atom is -0.507 e. The number of hydrogen-bond donors (Lipinski definition) is 2. The first-order valence-corrected chi connectivity index (χ1v) is 12.6. The molecule has 0 spiro atoms. The highest BCUT2D eigenvalue weighted by atomic mass is 32.2. The molecule has 0 aliphatic carbocycles. The van der Waals surface area contributed by atoms with Gasteiger partial charge in [0.2, 0.25) is 5.75 Å². The van der Waals surface area contributed by atoms with Gasteiger partial charge < -0.3 is 24.1 Å². The van der Waals surface area contributed by atoms with Crippen LogP contribution in [0.5, 0.6) is 28.7 Å².